The second-order valence-electron chi connectivity index (χ2n) is 5.14. The number of nitrogens with one attached hydrogen (secondary N) is 1. The number of rotatable bonds is 8. The highest BCUT2D eigenvalue weighted by Crippen LogP contribution is 2.12. The summed E-state index contributed by atoms with van der Waals surface area (Å²) in [6, 6.07) is 10.9. The first-order valence-corrected chi connectivity index (χ1v) is 7.12. The lowest BCUT2D eigenvalue weighted by Crippen LogP contribution is -2.38. The SMILES string of the molecule is CCC(CC)C(O)CNC(C)Cc1ccccc1. The van der Waals surface area contributed by atoms with E-state index in [2.05, 4.69) is 50.4 Å². The molecule has 18 heavy (non-hydrogen) atoms. The Morgan fingerprint density at radius 2 is 1.72 bits per heavy atom. The molecule has 0 fully saturated rings. The van der Waals surface area contributed by atoms with Crippen LogP contribution in [0.1, 0.15) is 39.2 Å². The molecule has 0 aliphatic rings. The smallest absolute Gasteiger partial charge is 0.0692 e. The minimum absolute atomic E-state index is 0.224. The number of hydrogen-bond acceptors (Lipinski definition) is 2. The van der Waals surface area contributed by atoms with E-state index < -0.39 is 0 Å². The van der Waals surface area contributed by atoms with Gasteiger partial charge in [-0.05, 0) is 24.8 Å². The first kappa shape index (κ1) is 15.2. The van der Waals surface area contributed by atoms with Crippen molar-refractivity contribution in [3.05, 3.63) is 35.9 Å². The molecule has 0 aliphatic heterocycles. The summed E-state index contributed by atoms with van der Waals surface area (Å²) in [6.07, 6.45) is 2.88. The number of benzene rings is 1. The molecule has 1 rings (SSSR count). The highest BCUT2D eigenvalue weighted by Gasteiger charge is 2.15. The first-order chi connectivity index (χ1) is 8.67. The Hall–Kier alpha value is -0.860. The lowest BCUT2D eigenvalue weighted by atomic mass is 9.96. The molecule has 0 saturated carbocycles. The predicted octanol–water partition coefficient (Wildman–Crippen LogP) is 3.00. The fourth-order valence-electron chi connectivity index (χ4n) is 2.36. The summed E-state index contributed by atoms with van der Waals surface area (Å²) in [6.45, 7) is 7.16. The molecule has 0 aliphatic carbocycles. The van der Waals surface area contributed by atoms with Crippen molar-refractivity contribution in [1.82, 2.24) is 5.32 Å². The van der Waals surface area contributed by atoms with Crippen LogP contribution in [0, 0.1) is 5.92 Å². The zero-order valence-corrected chi connectivity index (χ0v) is 11.9. The van der Waals surface area contributed by atoms with Gasteiger partial charge >= 0.3 is 0 Å². The Labute approximate surface area is 111 Å². The van der Waals surface area contributed by atoms with Crippen molar-refractivity contribution in [3.8, 4) is 0 Å². The maximum atomic E-state index is 10.1. The van der Waals surface area contributed by atoms with Gasteiger partial charge in [-0.25, -0.2) is 0 Å². The Kier molecular flexibility index (Phi) is 6.99. The summed E-state index contributed by atoms with van der Waals surface area (Å²) in [5.41, 5.74) is 1.34. The molecule has 0 amide bonds. The van der Waals surface area contributed by atoms with Crippen molar-refractivity contribution in [2.45, 2.75) is 52.2 Å². The number of aliphatic hydroxyl groups is 1. The average molecular weight is 249 g/mol. The van der Waals surface area contributed by atoms with Gasteiger partial charge < -0.3 is 10.4 Å². The monoisotopic (exact) mass is 249 g/mol. The molecular formula is C16H27NO. The minimum Gasteiger partial charge on any atom is -0.392 e. The summed E-state index contributed by atoms with van der Waals surface area (Å²) in [7, 11) is 0. The minimum atomic E-state index is -0.224. The van der Waals surface area contributed by atoms with Crippen molar-refractivity contribution in [3.63, 3.8) is 0 Å². The molecule has 2 nitrogen and oxygen atoms in total. The number of aliphatic hydroxyl groups excluding tert-OH is 1. The zero-order chi connectivity index (χ0) is 13.4. The van der Waals surface area contributed by atoms with E-state index in [0.717, 1.165) is 19.3 Å². The van der Waals surface area contributed by atoms with Crippen LogP contribution >= 0.6 is 0 Å². The van der Waals surface area contributed by atoms with Gasteiger partial charge in [-0.3, -0.25) is 0 Å². The maximum Gasteiger partial charge on any atom is 0.0692 e. The van der Waals surface area contributed by atoms with Gasteiger partial charge in [-0.15, -0.1) is 0 Å². The Morgan fingerprint density at radius 1 is 1.11 bits per heavy atom. The van der Waals surface area contributed by atoms with Gasteiger partial charge in [-0.1, -0.05) is 57.0 Å². The molecule has 1 aromatic carbocycles. The summed E-state index contributed by atoms with van der Waals surface area (Å²) in [4.78, 5) is 0. The Bertz CT molecular complexity index is 308. The summed E-state index contributed by atoms with van der Waals surface area (Å²) >= 11 is 0. The van der Waals surface area contributed by atoms with Gasteiger partial charge in [0.15, 0.2) is 0 Å². The van der Waals surface area contributed by atoms with Crippen molar-refractivity contribution >= 4 is 0 Å². The predicted molar refractivity (Wildman–Crippen MR) is 77.7 cm³/mol. The average Bonchev–Trinajstić information content (AvgIpc) is 2.39. The van der Waals surface area contributed by atoms with Gasteiger partial charge in [0.25, 0.3) is 0 Å². The molecule has 0 saturated heterocycles. The Morgan fingerprint density at radius 3 is 2.28 bits per heavy atom. The van der Waals surface area contributed by atoms with Crippen LogP contribution < -0.4 is 5.32 Å². The topological polar surface area (TPSA) is 32.3 Å². The normalized spacial score (nSPS) is 14.7. The lowest BCUT2D eigenvalue weighted by molar-refractivity contribution is 0.0988. The van der Waals surface area contributed by atoms with E-state index in [4.69, 9.17) is 0 Å². The summed E-state index contributed by atoms with van der Waals surface area (Å²) in [5.74, 6) is 0.418. The van der Waals surface area contributed by atoms with Crippen LogP contribution in [0.4, 0.5) is 0 Å². The Balaban J connectivity index is 2.30. The largest absolute Gasteiger partial charge is 0.392 e. The second kappa shape index (κ2) is 8.28. The van der Waals surface area contributed by atoms with Gasteiger partial charge in [0, 0.05) is 12.6 Å². The van der Waals surface area contributed by atoms with Crippen LogP contribution in [0.2, 0.25) is 0 Å². The standard InChI is InChI=1S/C16H27NO/c1-4-15(5-2)16(18)12-17-13(3)11-14-9-7-6-8-10-14/h6-10,13,15-18H,4-5,11-12H2,1-3H3. The van der Waals surface area contributed by atoms with E-state index >= 15 is 0 Å². The van der Waals surface area contributed by atoms with Crippen LogP contribution in [0.15, 0.2) is 30.3 Å². The van der Waals surface area contributed by atoms with Crippen molar-refractivity contribution < 1.29 is 5.11 Å². The molecule has 0 heterocycles. The van der Waals surface area contributed by atoms with Crippen LogP contribution in [-0.4, -0.2) is 23.8 Å². The van der Waals surface area contributed by atoms with Crippen molar-refractivity contribution in [1.29, 1.82) is 0 Å². The first-order valence-electron chi connectivity index (χ1n) is 7.12. The van der Waals surface area contributed by atoms with E-state index in [1.54, 1.807) is 0 Å². The molecule has 1 aromatic rings. The number of hydrogen-bond donors (Lipinski definition) is 2. The molecular weight excluding hydrogens is 222 g/mol. The summed E-state index contributed by atoms with van der Waals surface area (Å²) in [5, 5.41) is 13.5. The molecule has 102 valence electrons. The van der Waals surface area contributed by atoms with E-state index in [1.165, 1.54) is 5.56 Å². The van der Waals surface area contributed by atoms with Gasteiger partial charge in [0.2, 0.25) is 0 Å². The molecule has 2 atom stereocenters. The fourth-order valence-corrected chi connectivity index (χ4v) is 2.36. The highest BCUT2D eigenvalue weighted by molar-refractivity contribution is 5.15. The fraction of sp³-hybridized carbons (Fsp3) is 0.625. The van der Waals surface area contributed by atoms with Crippen LogP contribution in [-0.2, 0) is 6.42 Å². The molecule has 0 bridgehead atoms. The lowest BCUT2D eigenvalue weighted by Gasteiger charge is -2.22. The van der Waals surface area contributed by atoms with Crippen molar-refractivity contribution in [2.75, 3.05) is 6.54 Å². The molecule has 0 radical (unpaired) electrons. The molecule has 2 unspecified atom stereocenters. The van der Waals surface area contributed by atoms with E-state index in [9.17, 15) is 5.11 Å². The van der Waals surface area contributed by atoms with E-state index in [0.29, 0.717) is 18.5 Å². The van der Waals surface area contributed by atoms with Gasteiger partial charge in [0.05, 0.1) is 6.10 Å². The maximum absolute atomic E-state index is 10.1. The van der Waals surface area contributed by atoms with Crippen LogP contribution in [0.25, 0.3) is 0 Å². The summed E-state index contributed by atoms with van der Waals surface area (Å²) < 4.78 is 0. The zero-order valence-electron chi connectivity index (χ0n) is 11.9. The van der Waals surface area contributed by atoms with Crippen LogP contribution in [0.5, 0.6) is 0 Å². The quantitative estimate of drug-likeness (QED) is 0.742. The van der Waals surface area contributed by atoms with E-state index in [1.807, 2.05) is 6.07 Å². The van der Waals surface area contributed by atoms with Crippen molar-refractivity contribution in [2.24, 2.45) is 5.92 Å². The third-order valence-corrected chi connectivity index (χ3v) is 3.65. The van der Waals surface area contributed by atoms with E-state index in [-0.39, 0.29) is 6.10 Å². The second-order valence-corrected chi connectivity index (χ2v) is 5.14. The molecule has 0 aromatic heterocycles. The third kappa shape index (κ3) is 5.19. The van der Waals surface area contributed by atoms with Gasteiger partial charge in [-0.2, -0.15) is 0 Å². The third-order valence-electron chi connectivity index (χ3n) is 3.65. The highest BCUT2D eigenvalue weighted by atomic mass is 16.3. The molecule has 2 N–H and O–H groups in total. The molecule has 2 heteroatoms. The molecule has 0 spiro atoms. The van der Waals surface area contributed by atoms with Crippen LogP contribution in [0.3, 0.4) is 0 Å². The van der Waals surface area contributed by atoms with Gasteiger partial charge in [0.1, 0.15) is 0 Å².